The van der Waals surface area contributed by atoms with E-state index in [9.17, 15) is 0 Å². The van der Waals surface area contributed by atoms with Crippen molar-refractivity contribution in [3.05, 3.63) is 23.0 Å². The number of nitrogens with zero attached hydrogens (tertiary/aromatic N) is 2. The topological polar surface area (TPSA) is 66.0 Å². The zero-order valence-corrected chi connectivity index (χ0v) is 12.3. The molecule has 104 valence electrons. The predicted molar refractivity (Wildman–Crippen MR) is 79.9 cm³/mol. The quantitative estimate of drug-likeness (QED) is 0.648. The summed E-state index contributed by atoms with van der Waals surface area (Å²) in [7, 11) is 0. The molecule has 1 aromatic rings. The molecule has 1 atom stereocenters. The first-order valence-electron chi connectivity index (χ1n) is 7.01. The molecule has 0 amide bonds. The molecule has 0 radical (unpaired) electrons. The lowest BCUT2D eigenvalue weighted by molar-refractivity contribution is 0.491. The highest BCUT2D eigenvalue weighted by Gasteiger charge is 2.29. The van der Waals surface area contributed by atoms with Crippen molar-refractivity contribution in [3.8, 4) is 0 Å². The largest absolute Gasteiger partial charge is 0.384 e. The van der Waals surface area contributed by atoms with Crippen molar-refractivity contribution in [1.29, 1.82) is 5.41 Å². The Morgan fingerprint density at radius 1 is 1.47 bits per heavy atom. The van der Waals surface area contributed by atoms with E-state index in [0.717, 1.165) is 29.2 Å². The molecule has 0 spiro atoms. The summed E-state index contributed by atoms with van der Waals surface area (Å²) >= 11 is 0. The van der Waals surface area contributed by atoms with E-state index in [0.29, 0.717) is 12.0 Å². The minimum absolute atomic E-state index is 0.120. The molecule has 0 bridgehead atoms. The number of aromatic nitrogens is 1. The van der Waals surface area contributed by atoms with Gasteiger partial charge in [0.2, 0.25) is 0 Å². The number of nitrogens with one attached hydrogen (secondary N) is 1. The summed E-state index contributed by atoms with van der Waals surface area (Å²) in [5.41, 5.74) is 9.52. The minimum Gasteiger partial charge on any atom is -0.384 e. The molecule has 0 saturated carbocycles. The van der Waals surface area contributed by atoms with E-state index in [1.54, 1.807) is 0 Å². The van der Waals surface area contributed by atoms with E-state index in [4.69, 9.17) is 11.1 Å². The van der Waals surface area contributed by atoms with E-state index in [2.05, 4.69) is 29.8 Å². The van der Waals surface area contributed by atoms with Crippen molar-refractivity contribution in [2.45, 2.75) is 46.6 Å². The standard InChI is InChI=1S/C15H24N4/c1-9(2)12-6-5-7-19(12)13-8-10(3)18-11(4)14(13)15(16)17/h8-9,12H,5-7H2,1-4H3,(H3,16,17). The van der Waals surface area contributed by atoms with Gasteiger partial charge in [-0.15, -0.1) is 0 Å². The molecule has 1 saturated heterocycles. The lowest BCUT2D eigenvalue weighted by Crippen LogP contribution is -2.35. The zero-order chi connectivity index (χ0) is 14.2. The molecule has 2 heterocycles. The highest BCUT2D eigenvalue weighted by atomic mass is 15.2. The summed E-state index contributed by atoms with van der Waals surface area (Å²) in [6, 6.07) is 2.61. The second-order valence-corrected chi connectivity index (χ2v) is 5.80. The maximum absolute atomic E-state index is 7.84. The number of nitrogens with two attached hydrogens (primary N) is 1. The number of rotatable bonds is 3. The highest BCUT2D eigenvalue weighted by Crippen LogP contribution is 2.33. The van der Waals surface area contributed by atoms with Gasteiger partial charge in [0.1, 0.15) is 5.84 Å². The Labute approximate surface area is 115 Å². The molecule has 0 aliphatic carbocycles. The van der Waals surface area contributed by atoms with Crippen LogP contribution in [0.3, 0.4) is 0 Å². The molecule has 1 fully saturated rings. The SMILES string of the molecule is Cc1cc(N2CCCC2C(C)C)c(C(=N)N)c(C)n1. The predicted octanol–water partition coefficient (Wildman–Crippen LogP) is 2.61. The van der Waals surface area contributed by atoms with Gasteiger partial charge in [0.05, 0.1) is 16.9 Å². The van der Waals surface area contributed by atoms with Gasteiger partial charge in [0.25, 0.3) is 0 Å². The van der Waals surface area contributed by atoms with Crippen molar-refractivity contribution in [2.24, 2.45) is 11.7 Å². The number of pyridine rings is 1. The first-order valence-corrected chi connectivity index (χ1v) is 7.01. The lowest BCUT2D eigenvalue weighted by atomic mass is 10.00. The molecule has 4 heteroatoms. The summed E-state index contributed by atoms with van der Waals surface area (Å²) in [6.45, 7) is 9.51. The van der Waals surface area contributed by atoms with E-state index in [1.807, 2.05) is 13.8 Å². The first kappa shape index (κ1) is 13.8. The van der Waals surface area contributed by atoms with Gasteiger partial charge in [-0.1, -0.05) is 13.8 Å². The summed E-state index contributed by atoms with van der Waals surface area (Å²) in [5, 5.41) is 7.84. The van der Waals surface area contributed by atoms with E-state index in [-0.39, 0.29) is 5.84 Å². The van der Waals surface area contributed by atoms with Crippen LogP contribution in [0.2, 0.25) is 0 Å². The molecule has 1 aliphatic rings. The van der Waals surface area contributed by atoms with Crippen LogP contribution in [0.5, 0.6) is 0 Å². The summed E-state index contributed by atoms with van der Waals surface area (Å²) in [4.78, 5) is 6.87. The van der Waals surface area contributed by atoms with Crippen LogP contribution in [-0.2, 0) is 0 Å². The molecule has 1 aliphatic heterocycles. The van der Waals surface area contributed by atoms with Gasteiger partial charge in [0.15, 0.2) is 0 Å². The molecular weight excluding hydrogens is 236 g/mol. The average molecular weight is 260 g/mol. The van der Waals surface area contributed by atoms with Gasteiger partial charge < -0.3 is 10.6 Å². The number of hydrogen-bond donors (Lipinski definition) is 2. The summed E-state index contributed by atoms with van der Waals surface area (Å²) in [5.74, 6) is 0.727. The number of aryl methyl sites for hydroxylation is 2. The maximum atomic E-state index is 7.84. The third-order valence-electron chi connectivity index (χ3n) is 3.96. The number of nitrogen functional groups attached to an aromatic ring is 1. The van der Waals surface area contributed by atoms with E-state index < -0.39 is 0 Å². The van der Waals surface area contributed by atoms with Gasteiger partial charge in [-0.2, -0.15) is 0 Å². The fourth-order valence-electron chi connectivity index (χ4n) is 3.15. The van der Waals surface area contributed by atoms with Crippen molar-refractivity contribution >= 4 is 11.5 Å². The van der Waals surface area contributed by atoms with E-state index in [1.165, 1.54) is 12.8 Å². The first-order chi connectivity index (χ1) is 8.91. The van der Waals surface area contributed by atoms with Gasteiger partial charge in [-0.3, -0.25) is 10.4 Å². The van der Waals surface area contributed by atoms with Crippen LogP contribution in [-0.4, -0.2) is 23.4 Å². The number of hydrogen-bond acceptors (Lipinski definition) is 3. The summed E-state index contributed by atoms with van der Waals surface area (Å²) < 4.78 is 0. The van der Waals surface area contributed by atoms with Crippen LogP contribution in [0.25, 0.3) is 0 Å². The summed E-state index contributed by atoms with van der Waals surface area (Å²) in [6.07, 6.45) is 2.43. The maximum Gasteiger partial charge on any atom is 0.126 e. The number of anilines is 1. The molecule has 1 aromatic heterocycles. The van der Waals surface area contributed by atoms with Crippen molar-refractivity contribution in [2.75, 3.05) is 11.4 Å². The molecule has 4 nitrogen and oxygen atoms in total. The normalized spacial score (nSPS) is 19.2. The fourth-order valence-corrected chi connectivity index (χ4v) is 3.15. The average Bonchev–Trinajstić information content (AvgIpc) is 2.75. The van der Waals surface area contributed by atoms with Crippen LogP contribution in [0.15, 0.2) is 6.07 Å². The van der Waals surface area contributed by atoms with Crippen LogP contribution < -0.4 is 10.6 Å². The van der Waals surface area contributed by atoms with Gasteiger partial charge >= 0.3 is 0 Å². The van der Waals surface area contributed by atoms with Crippen LogP contribution >= 0.6 is 0 Å². The third kappa shape index (κ3) is 2.57. The second-order valence-electron chi connectivity index (χ2n) is 5.80. The van der Waals surface area contributed by atoms with Gasteiger partial charge in [-0.25, -0.2) is 0 Å². The van der Waals surface area contributed by atoms with Crippen LogP contribution in [0.1, 0.15) is 43.6 Å². The Bertz CT molecular complexity index is 493. The Morgan fingerprint density at radius 3 is 2.74 bits per heavy atom. The lowest BCUT2D eigenvalue weighted by Gasteiger charge is -2.31. The molecular formula is C15H24N4. The third-order valence-corrected chi connectivity index (χ3v) is 3.96. The molecule has 0 aromatic carbocycles. The van der Waals surface area contributed by atoms with Crippen molar-refractivity contribution in [3.63, 3.8) is 0 Å². The van der Waals surface area contributed by atoms with Crippen LogP contribution in [0.4, 0.5) is 5.69 Å². The molecule has 3 N–H and O–H groups in total. The van der Waals surface area contributed by atoms with Crippen LogP contribution in [0, 0.1) is 25.2 Å². The van der Waals surface area contributed by atoms with E-state index >= 15 is 0 Å². The van der Waals surface area contributed by atoms with Crippen molar-refractivity contribution in [1.82, 2.24) is 4.98 Å². The smallest absolute Gasteiger partial charge is 0.126 e. The second kappa shape index (κ2) is 5.19. The monoisotopic (exact) mass is 260 g/mol. The Kier molecular flexibility index (Phi) is 3.78. The molecule has 19 heavy (non-hydrogen) atoms. The number of amidine groups is 1. The zero-order valence-electron chi connectivity index (χ0n) is 12.3. The minimum atomic E-state index is 0.120. The Morgan fingerprint density at radius 2 is 2.16 bits per heavy atom. The fraction of sp³-hybridized carbons (Fsp3) is 0.600. The van der Waals surface area contributed by atoms with Gasteiger partial charge in [-0.05, 0) is 38.7 Å². The van der Waals surface area contributed by atoms with Crippen molar-refractivity contribution < 1.29 is 0 Å². The molecule has 1 unspecified atom stereocenters. The van der Waals surface area contributed by atoms with Gasteiger partial charge in [0, 0.05) is 18.3 Å². The molecule has 2 rings (SSSR count). The Hall–Kier alpha value is -1.58. The highest BCUT2D eigenvalue weighted by molar-refractivity contribution is 6.01. The Balaban J connectivity index is 2.51.